The molecular formula is C36H55N. The van der Waals surface area contributed by atoms with Crippen LogP contribution in [0.1, 0.15) is 142 Å². The molecule has 4 saturated carbocycles. The molecule has 1 heteroatoms. The van der Waals surface area contributed by atoms with E-state index < -0.39 is 0 Å². The van der Waals surface area contributed by atoms with Crippen molar-refractivity contribution in [2.75, 3.05) is 0 Å². The summed E-state index contributed by atoms with van der Waals surface area (Å²) >= 11 is 0. The van der Waals surface area contributed by atoms with Gasteiger partial charge in [-0.15, -0.1) is 0 Å². The summed E-state index contributed by atoms with van der Waals surface area (Å²) in [6.45, 7) is 17.6. The van der Waals surface area contributed by atoms with Crippen LogP contribution < -0.4 is 0 Å². The van der Waals surface area contributed by atoms with E-state index in [2.05, 4.69) is 66.7 Å². The normalized spacial score (nSPS) is 41.1. The van der Waals surface area contributed by atoms with E-state index in [0.29, 0.717) is 22.7 Å². The van der Waals surface area contributed by atoms with Crippen molar-refractivity contribution in [3.8, 4) is 0 Å². The lowest BCUT2D eigenvalue weighted by atomic mass is 9.43. The van der Waals surface area contributed by atoms with Crippen LogP contribution in [0.15, 0.2) is 23.2 Å². The monoisotopic (exact) mass is 501 g/mol. The summed E-state index contributed by atoms with van der Waals surface area (Å²) in [5.74, 6) is 7.70. The highest BCUT2D eigenvalue weighted by molar-refractivity contribution is 5.99. The standard InChI is InChI=1S/C36H55N/c1-22(2)9-8-10-24(5)30-14-15-31-27-13-12-26-20-34-29(21-36(26,7)32(27)17-18-35(30,31)6)28-19-25(23(3)4)11-16-33(28)37-34/h11,16,19,22-24,26-27,29-32H,8-10,12-15,17-18,20-21H2,1-7H3/t24-,26+,27-,29+,30-,31+,32+,35-,36+/m1/s1. The van der Waals surface area contributed by atoms with E-state index in [0.717, 1.165) is 41.4 Å². The maximum atomic E-state index is 5.25. The predicted molar refractivity (Wildman–Crippen MR) is 159 cm³/mol. The van der Waals surface area contributed by atoms with Gasteiger partial charge >= 0.3 is 0 Å². The molecule has 0 unspecified atom stereocenters. The van der Waals surface area contributed by atoms with E-state index in [9.17, 15) is 0 Å². The fraction of sp³-hybridized carbons (Fsp3) is 0.806. The zero-order valence-electron chi connectivity index (χ0n) is 25.2. The van der Waals surface area contributed by atoms with Crippen LogP contribution in [-0.2, 0) is 0 Å². The van der Waals surface area contributed by atoms with Crippen LogP contribution in [0.5, 0.6) is 0 Å². The third-order valence-electron chi connectivity index (χ3n) is 13.1. The predicted octanol–water partition coefficient (Wildman–Crippen LogP) is 10.7. The minimum atomic E-state index is 0.504. The number of nitrogens with zero attached hydrogens (tertiary/aromatic N) is 1. The second-order valence-corrected chi connectivity index (χ2v) is 15.7. The number of fused-ring (bicyclic) bond motifs is 8. The summed E-state index contributed by atoms with van der Waals surface area (Å²) in [6, 6.07) is 7.20. The Labute approximate surface area is 228 Å². The molecule has 0 bridgehead atoms. The van der Waals surface area contributed by atoms with Crippen molar-refractivity contribution in [1.29, 1.82) is 0 Å². The minimum Gasteiger partial charge on any atom is -0.257 e. The number of rotatable bonds is 6. The number of benzene rings is 1. The van der Waals surface area contributed by atoms with E-state index in [1.165, 1.54) is 87.6 Å². The number of hydrogen-bond acceptors (Lipinski definition) is 1. The van der Waals surface area contributed by atoms with Crippen molar-refractivity contribution in [2.45, 2.75) is 131 Å². The SMILES string of the molecule is CC(C)CCC[C@@H](C)[C@H]1CC[C@H]2[C@H]3CC[C@H]4CC5=Nc6ccc(C(C)C)cc6[C@@H]5C[C@]4(C)[C@H]3CC[C@]12C. The largest absolute Gasteiger partial charge is 0.257 e. The molecule has 1 aromatic rings. The van der Waals surface area contributed by atoms with E-state index in [1.54, 1.807) is 5.56 Å². The first kappa shape index (κ1) is 26.1. The average Bonchev–Trinajstić information content (AvgIpc) is 3.38. The van der Waals surface area contributed by atoms with E-state index >= 15 is 0 Å². The van der Waals surface area contributed by atoms with Crippen LogP contribution in [0.25, 0.3) is 0 Å². The lowest BCUT2D eigenvalue weighted by molar-refractivity contribution is -0.106. The molecule has 4 fully saturated rings. The van der Waals surface area contributed by atoms with Crippen molar-refractivity contribution in [1.82, 2.24) is 0 Å². The highest BCUT2D eigenvalue weighted by Gasteiger charge is 2.61. The topological polar surface area (TPSA) is 12.4 Å². The maximum Gasteiger partial charge on any atom is 0.0668 e. The van der Waals surface area contributed by atoms with E-state index in [1.807, 2.05) is 0 Å². The molecule has 0 radical (unpaired) electrons. The molecule has 1 heterocycles. The lowest BCUT2D eigenvalue weighted by Crippen LogP contribution is -2.54. The van der Waals surface area contributed by atoms with Gasteiger partial charge in [0.05, 0.1) is 5.69 Å². The van der Waals surface area contributed by atoms with Crippen molar-refractivity contribution in [3.05, 3.63) is 29.3 Å². The highest BCUT2D eigenvalue weighted by Crippen LogP contribution is 2.69. The molecule has 204 valence electrons. The van der Waals surface area contributed by atoms with Crippen LogP contribution in [0.4, 0.5) is 5.69 Å². The Balaban J connectivity index is 1.22. The van der Waals surface area contributed by atoms with E-state index in [-0.39, 0.29) is 0 Å². The third-order valence-corrected chi connectivity index (χ3v) is 13.1. The maximum absolute atomic E-state index is 5.25. The van der Waals surface area contributed by atoms with Gasteiger partial charge < -0.3 is 0 Å². The Bertz CT molecular complexity index is 1030. The Kier molecular flexibility index (Phi) is 6.72. The molecule has 1 aliphatic heterocycles. The fourth-order valence-electron chi connectivity index (χ4n) is 11.0. The average molecular weight is 502 g/mol. The van der Waals surface area contributed by atoms with Gasteiger partial charge in [-0.25, -0.2) is 0 Å². The molecule has 6 rings (SSSR count). The Morgan fingerprint density at radius 3 is 2.43 bits per heavy atom. The van der Waals surface area contributed by atoms with Gasteiger partial charge in [-0.2, -0.15) is 0 Å². The number of hydrogen-bond donors (Lipinski definition) is 0. The van der Waals surface area contributed by atoms with Gasteiger partial charge in [0.1, 0.15) is 0 Å². The van der Waals surface area contributed by atoms with Gasteiger partial charge in [0.2, 0.25) is 0 Å². The molecule has 1 aromatic carbocycles. The van der Waals surface area contributed by atoms with Gasteiger partial charge in [0.15, 0.2) is 0 Å². The molecule has 0 saturated heterocycles. The highest BCUT2D eigenvalue weighted by atomic mass is 14.8. The van der Waals surface area contributed by atoms with Crippen LogP contribution in [0.2, 0.25) is 0 Å². The zero-order chi connectivity index (χ0) is 26.1. The van der Waals surface area contributed by atoms with E-state index in [4.69, 9.17) is 4.99 Å². The second kappa shape index (κ2) is 9.52. The quantitative estimate of drug-likeness (QED) is 0.367. The first-order chi connectivity index (χ1) is 17.6. The first-order valence-electron chi connectivity index (χ1n) is 16.3. The summed E-state index contributed by atoms with van der Waals surface area (Å²) < 4.78 is 0. The summed E-state index contributed by atoms with van der Waals surface area (Å²) in [4.78, 5) is 5.25. The second-order valence-electron chi connectivity index (χ2n) is 15.7. The molecular weight excluding hydrogens is 446 g/mol. The van der Waals surface area contributed by atoms with Crippen LogP contribution in [-0.4, -0.2) is 5.71 Å². The smallest absolute Gasteiger partial charge is 0.0668 e. The molecule has 37 heavy (non-hydrogen) atoms. The molecule has 0 amide bonds. The summed E-state index contributed by atoms with van der Waals surface area (Å²) in [5.41, 5.74) is 7.01. The Hall–Kier alpha value is -1.11. The Morgan fingerprint density at radius 2 is 1.68 bits per heavy atom. The molecule has 0 N–H and O–H groups in total. The molecule has 1 nitrogen and oxygen atoms in total. The van der Waals surface area contributed by atoms with Gasteiger partial charge in [-0.1, -0.05) is 79.9 Å². The summed E-state index contributed by atoms with van der Waals surface area (Å²) in [5, 5.41) is 0. The lowest BCUT2D eigenvalue weighted by Gasteiger charge is -2.61. The van der Waals surface area contributed by atoms with Crippen molar-refractivity contribution in [2.24, 2.45) is 57.2 Å². The fourth-order valence-corrected chi connectivity index (χ4v) is 11.0. The molecule has 0 aromatic heterocycles. The Morgan fingerprint density at radius 1 is 0.892 bits per heavy atom. The molecule has 4 aliphatic carbocycles. The van der Waals surface area contributed by atoms with Gasteiger partial charge in [-0.3, -0.25) is 4.99 Å². The summed E-state index contributed by atoms with van der Waals surface area (Å²) in [7, 11) is 0. The van der Waals surface area contributed by atoms with Crippen LogP contribution in [0.3, 0.4) is 0 Å². The van der Waals surface area contributed by atoms with Gasteiger partial charge in [0, 0.05) is 11.6 Å². The molecule has 9 atom stereocenters. The molecule has 0 spiro atoms. The zero-order valence-corrected chi connectivity index (χ0v) is 25.2. The van der Waals surface area contributed by atoms with Gasteiger partial charge in [0.25, 0.3) is 0 Å². The first-order valence-corrected chi connectivity index (χ1v) is 16.3. The third kappa shape index (κ3) is 4.19. The number of aliphatic imine (C=N–C) groups is 1. The minimum absolute atomic E-state index is 0.504. The van der Waals surface area contributed by atoms with Crippen LogP contribution >= 0.6 is 0 Å². The van der Waals surface area contributed by atoms with Crippen molar-refractivity contribution in [3.63, 3.8) is 0 Å². The van der Waals surface area contributed by atoms with Crippen LogP contribution in [0, 0.1) is 52.3 Å². The summed E-state index contributed by atoms with van der Waals surface area (Å²) in [6.07, 6.45) is 15.9. The van der Waals surface area contributed by atoms with Crippen molar-refractivity contribution >= 4 is 11.4 Å². The molecule has 5 aliphatic rings. The van der Waals surface area contributed by atoms with Crippen molar-refractivity contribution < 1.29 is 0 Å². The van der Waals surface area contributed by atoms with Gasteiger partial charge in [-0.05, 0) is 127 Å².